The van der Waals surface area contributed by atoms with Gasteiger partial charge in [0.25, 0.3) is 0 Å². The van der Waals surface area contributed by atoms with Gasteiger partial charge in [0, 0.05) is 17.4 Å². The van der Waals surface area contributed by atoms with E-state index in [4.69, 9.17) is 13.9 Å². The molecule has 0 atom stereocenters. The van der Waals surface area contributed by atoms with Gasteiger partial charge in [-0.05, 0) is 44.2 Å². The van der Waals surface area contributed by atoms with E-state index in [-0.39, 0.29) is 5.56 Å². The molecule has 0 saturated heterocycles. The van der Waals surface area contributed by atoms with Crippen LogP contribution in [0.2, 0.25) is 0 Å². The predicted molar refractivity (Wildman–Crippen MR) is 105 cm³/mol. The van der Waals surface area contributed by atoms with Gasteiger partial charge >= 0.3 is 5.97 Å². The number of carboxylic acids is 1. The fraction of sp³-hybridized carbons (Fsp3) is 0.238. The number of nitrogens with zero attached hydrogens (tertiary/aromatic N) is 2. The lowest BCUT2D eigenvalue weighted by Crippen LogP contribution is -2.17. The Balaban J connectivity index is 2.05. The first-order valence-corrected chi connectivity index (χ1v) is 9.00. The number of aromatic nitrogens is 1. The van der Waals surface area contributed by atoms with Crippen LogP contribution in [0.15, 0.2) is 59.5 Å². The fourth-order valence-corrected chi connectivity index (χ4v) is 2.82. The van der Waals surface area contributed by atoms with Crippen LogP contribution < -0.4 is 14.4 Å². The van der Waals surface area contributed by atoms with E-state index in [2.05, 4.69) is 4.98 Å². The molecule has 0 aliphatic heterocycles. The Kier molecular flexibility index (Phi) is 6.16. The zero-order valence-corrected chi connectivity index (χ0v) is 15.8. The number of carbonyl (C=O) groups is 1. The highest BCUT2D eigenvalue weighted by Gasteiger charge is 2.17. The molecule has 1 N–H and O–H groups in total. The van der Waals surface area contributed by atoms with Crippen molar-refractivity contribution in [3.63, 3.8) is 0 Å². The van der Waals surface area contributed by atoms with Crippen LogP contribution in [-0.4, -0.2) is 29.3 Å². The average Bonchev–Trinajstić information content (AvgIpc) is 3.21. The fourth-order valence-electron chi connectivity index (χ4n) is 2.82. The molecule has 7 heteroatoms. The van der Waals surface area contributed by atoms with Crippen LogP contribution in [0.5, 0.6) is 11.5 Å². The molecule has 0 radical (unpaired) electrons. The highest BCUT2D eigenvalue weighted by Crippen LogP contribution is 2.36. The average molecular weight is 382 g/mol. The van der Waals surface area contributed by atoms with Gasteiger partial charge in [0.1, 0.15) is 5.76 Å². The van der Waals surface area contributed by atoms with E-state index in [1.165, 1.54) is 6.39 Å². The maximum absolute atomic E-state index is 11.4. The molecule has 0 bridgehead atoms. The molecular formula is C21H22N2O5. The van der Waals surface area contributed by atoms with Crippen molar-refractivity contribution in [2.75, 3.05) is 18.1 Å². The van der Waals surface area contributed by atoms with Gasteiger partial charge < -0.3 is 23.9 Å². The summed E-state index contributed by atoms with van der Waals surface area (Å²) in [6.07, 6.45) is 3.00. The minimum Gasteiger partial charge on any atom is -0.490 e. The molecule has 7 nitrogen and oxygen atoms in total. The molecule has 0 unspecified atom stereocenters. The number of anilines is 2. The third-order valence-corrected chi connectivity index (χ3v) is 4.04. The summed E-state index contributed by atoms with van der Waals surface area (Å²) in [5, 5.41) is 9.34. The number of aromatic carboxylic acids is 1. The number of rotatable bonds is 9. The molecule has 0 aliphatic rings. The summed E-state index contributed by atoms with van der Waals surface area (Å²) in [5.74, 6) is 0.946. The smallest absolute Gasteiger partial charge is 0.335 e. The summed E-state index contributed by atoms with van der Waals surface area (Å²) in [6.45, 7) is 5.23. The minimum absolute atomic E-state index is 0.205. The van der Waals surface area contributed by atoms with Gasteiger partial charge in [-0.15, -0.1) is 0 Å². The molecule has 0 aliphatic carbocycles. The molecule has 28 heavy (non-hydrogen) atoms. The highest BCUT2D eigenvalue weighted by molar-refractivity contribution is 5.89. The lowest BCUT2D eigenvalue weighted by atomic mass is 10.1. The number of carboxylic acid groups (broad SMARTS) is 1. The molecule has 2 aromatic carbocycles. The van der Waals surface area contributed by atoms with E-state index in [1.807, 2.05) is 43.0 Å². The van der Waals surface area contributed by atoms with Crippen LogP contribution in [0.4, 0.5) is 11.4 Å². The zero-order valence-electron chi connectivity index (χ0n) is 15.8. The molecule has 0 amide bonds. The third-order valence-electron chi connectivity index (χ3n) is 4.04. The van der Waals surface area contributed by atoms with Crippen molar-refractivity contribution in [2.45, 2.75) is 20.4 Å². The Labute approximate surface area is 163 Å². The monoisotopic (exact) mass is 382 g/mol. The van der Waals surface area contributed by atoms with Gasteiger partial charge in [-0.25, -0.2) is 9.78 Å². The van der Waals surface area contributed by atoms with Gasteiger partial charge in [0.2, 0.25) is 0 Å². The summed E-state index contributed by atoms with van der Waals surface area (Å²) in [4.78, 5) is 17.3. The first kappa shape index (κ1) is 19.3. The molecule has 3 rings (SSSR count). The number of oxazole rings is 1. The molecule has 146 valence electrons. The van der Waals surface area contributed by atoms with E-state index < -0.39 is 5.97 Å². The van der Waals surface area contributed by atoms with Crippen LogP contribution >= 0.6 is 0 Å². The van der Waals surface area contributed by atoms with Gasteiger partial charge in [0.05, 0.1) is 31.5 Å². The SMILES string of the molecule is CCOc1ccc(N(Cc2cnco2)c2cccc(C(=O)O)c2)cc1OCC. The maximum Gasteiger partial charge on any atom is 0.335 e. The van der Waals surface area contributed by atoms with E-state index in [0.717, 1.165) is 5.69 Å². The third kappa shape index (κ3) is 4.43. The molecule has 0 saturated carbocycles. The van der Waals surface area contributed by atoms with Crippen LogP contribution in [0.3, 0.4) is 0 Å². The molecule has 0 fully saturated rings. The normalized spacial score (nSPS) is 10.5. The Bertz CT molecular complexity index is 924. The molecule has 0 spiro atoms. The Morgan fingerprint density at radius 1 is 1.07 bits per heavy atom. The first-order valence-electron chi connectivity index (χ1n) is 9.00. The van der Waals surface area contributed by atoms with Crippen molar-refractivity contribution in [3.8, 4) is 11.5 Å². The predicted octanol–water partition coefficient (Wildman–Crippen LogP) is 4.51. The van der Waals surface area contributed by atoms with Crippen molar-refractivity contribution in [3.05, 3.63) is 66.4 Å². The Morgan fingerprint density at radius 2 is 1.82 bits per heavy atom. The van der Waals surface area contributed by atoms with Crippen molar-refractivity contribution in [2.24, 2.45) is 0 Å². The topological polar surface area (TPSA) is 85.0 Å². The molecular weight excluding hydrogens is 360 g/mol. The molecule has 1 heterocycles. The second-order valence-corrected chi connectivity index (χ2v) is 5.91. The van der Waals surface area contributed by atoms with Crippen LogP contribution in [0, 0.1) is 0 Å². The van der Waals surface area contributed by atoms with Crippen molar-refractivity contribution < 1.29 is 23.8 Å². The van der Waals surface area contributed by atoms with Crippen LogP contribution in [0.25, 0.3) is 0 Å². The second kappa shape index (κ2) is 8.94. The quantitative estimate of drug-likeness (QED) is 0.583. The maximum atomic E-state index is 11.4. The van der Waals surface area contributed by atoms with Crippen LogP contribution in [0.1, 0.15) is 30.0 Å². The van der Waals surface area contributed by atoms with Crippen LogP contribution in [-0.2, 0) is 6.54 Å². The molecule has 3 aromatic rings. The summed E-state index contributed by atoms with van der Waals surface area (Å²) in [6, 6.07) is 12.4. The van der Waals surface area contributed by atoms with Gasteiger partial charge in [-0.1, -0.05) is 6.07 Å². The zero-order chi connectivity index (χ0) is 19.9. The Hall–Kier alpha value is -3.48. The number of ether oxygens (including phenoxy) is 2. The van der Waals surface area contributed by atoms with E-state index >= 15 is 0 Å². The number of hydrogen-bond donors (Lipinski definition) is 1. The summed E-state index contributed by atoms with van der Waals surface area (Å²) < 4.78 is 16.8. The minimum atomic E-state index is -0.983. The number of hydrogen-bond acceptors (Lipinski definition) is 6. The van der Waals surface area contributed by atoms with E-state index in [9.17, 15) is 9.90 Å². The summed E-state index contributed by atoms with van der Waals surface area (Å²) in [7, 11) is 0. The Morgan fingerprint density at radius 3 is 2.50 bits per heavy atom. The van der Waals surface area contributed by atoms with Crippen molar-refractivity contribution >= 4 is 17.3 Å². The molecule has 1 aromatic heterocycles. The van der Waals surface area contributed by atoms with E-state index in [1.54, 1.807) is 24.4 Å². The largest absolute Gasteiger partial charge is 0.490 e. The lowest BCUT2D eigenvalue weighted by Gasteiger charge is -2.25. The van der Waals surface area contributed by atoms with E-state index in [0.29, 0.717) is 42.7 Å². The van der Waals surface area contributed by atoms with Gasteiger partial charge in [0.15, 0.2) is 17.9 Å². The van der Waals surface area contributed by atoms with Gasteiger partial charge in [-0.2, -0.15) is 0 Å². The van der Waals surface area contributed by atoms with Crippen molar-refractivity contribution in [1.29, 1.82) is 0 Å². The number of benzene rings is 2. The summed E-state index contributed by atoms with van der Waals surface area (Å²) in [5.41, 5.74) is 1.73. The second-order valence-electron chi connectivity index (χ2n) is 5.91. The lowest BCUT2D eigenvalue weighted by molar-refractivity contribution is 0.0697. The first-order chi connectivity index (χ1) is 13.6. The van der Waals surface area contributed by atoms with Gasteiger partial charge in [-0.3, -0.25) is 0 Å². The standard InChI is InChI=1S/C21H22N2O5/c1-3-26-19-9-8-17(11-20(19)27-4-2)23(13-18-12-22-14-28-18)16-7-5-6-15(10-16)21(24)25/h5-12,14H,3-4,13H2,1-2H3,(H,24,25). The summed E-state index contributed by atoms with van der Waals surface area (Å²) >= 11 is 0. The highest BCUT2D eigenvalue weighted by atomic mass is 16.5. The van der Waals surface area contributed by atoms with Crippen molar-refractivity contribution in [1.82, 2.24) is 4.98 Å².